The normalized spacial score (nSPS) is 13.2. The Hall–Kier alpha value is -2.62. The van der Waals surface area contributed by atoms with Gasteiger partial charge in [-0.25, -0.2) is 0 Å². The molecular formula is C19H14ClN3O2S. The van der Waals surface area contributed by atoms with E-state index in [0.717, 1.165) is 31.2 Å². The number of rotatable bonds is 2. The highest BCUT2D eigenvalue weighted by Crippen LogP contribution is 2.37. The minimum Gasteiger partial charge on any atom is -0.438 e. The first-order chi connectivity index (χ1) is 12.6. The molecule has 5 nitrogen and oxygen atoms in total. The molecule has 26 heavy (non-hydrogen) atoms. The number of halogens is 1. The Labute approximate surface area is 158 Å². The van der Waals surface area contributed by atoms with E-state index in [0.29, 0.717) is 26.6 Å². The van der Waals surface area contributed by atoms with Crippen LogP contribution >= 0.6 is 22.9 Å². The molecule has 1 aromatic carbocycles. The summed E-state index contributed by atoms with van der Waals surface area (Å²) >= 11 is 7.45. The summed E-state index contributed by atoms with van der Waals surface area (Å²) in [6, 6.07) is 8.82. The second-order valence-corrected chi connectivity index (χ2v) is 7.69. The molecule has 2 aromatic heterocycles. The van der Waals surface area contributed by atoms with Gasteiger partial charge in [-0.1, -0.05) is 11.6 Å². The third-order valence-electron chi connectivity index (χ3n) is 4.48. The van der Waals surface area contributed by atoms with Gasteiger partial charge in [-0.05, 0) is 55.5 Å². The van der Waals surface area contributed by atoms with Crippen molar-refractivity contribution in [3.8, 4) is 6.07 Å². The van der Waals surface area contributed by atoms with Crippen molar-refractivity contribution in [3.63, 3.8) is 0 Å². The zero-order valence-corrected chi connectivity index (χ0v) is 15.3. The van der Waals surface area contributed by atoms with Crippen molar-refractivity contribution in [2.45, 2.75) is 25.7 Å². The molecule has 1 aliphatic carbocycles. The van der Waals surface area contributed by atoms with Crippen LogP contribution in [0, 0.1) is 16.7 Å². The Morgan fingerprint density at radius 3 is 2.92 bits per heavy atom. The smallest absolute Gasteiger partial charge is 0.261 e. The Kier molecular flexibility index (Phi) is 4.27. The number of nitrogens with zero attached hydrogens (tertiary/aromatic N) is 1. The van der Waals surface area contributed by atoms with Crippen LogP contribution in [-0.4, -0.2) is 5.91 Å². The van der Waals surface area contributed by atoms with Crippen LogP contribution in [0.3, 0.4) is 0 Å². The van der Waals surface area contributed by atoms with Crippen LogP contribution < -0.4 is 10.9 Å². The molecule has 1 amide bonds. The number of hydrogen-bond donors (Lipinski definition) is 2. The molecule has 2 heterocycles. The first kappa shape index (κ1) is 16.8. The summed E-state index contributed by atoms with van der Waals surface area (Å²) in [5.41, 5.74) is 1.97. The maximum Gasteiger partial charge on any atom is 0.261 e. The quantitative estimate of drug-likeness (QED) is 0.675. The van der Waals surface area contributed by atoms with Gasteiger partial charge in [0.15, 0.2) is 0 Å². The van der Waals surface area contributed by atoms with E-state index in [1.165, 1.54) is 16.2 Å². The van der Waals surface area contributed by atoms with Gasteiger partial charge in [0.25, 0.3) is 5.91 Å². The fourth-order valence-electron chi connectivity index (χ4n) is 3.22. The summed E-state index contributed by atoms with van der Waals surface area (Å²) in [5.74, 6) is -0.462. The molecule has 0 spiro atoms. The highest BCUT2D eigenvalue weighted by Gasteiger charge is 2.23. The van der Waals surface area contributed by atoms with Crippen LogP contribution in [0.15, 0.2) is 28.7 Å². The number of benzene rings is 1. The first-order valence-corrected chi connectivity index (χ1v) is 9.40. The van der Waals surface area contributed by atoms with E-state index in [2.05, 4.69) is 11.4 Å². The van der Waals surface area contributed by atoms with Crippen molar-refractivity contribution in [1.82, 2.24) is 0 Å². The highest BCUT2D eigenvalue weighted by atomic mass is 35.5. The van der Waals surface area contributed by atoms with Crippen LogP contribution in [0.25, 0.3) is 11.0 Å². The van der Waals surface area contributed by atoms with Gasteiger partial charge in [-0.15, -0.1) is 11.3 Å². The number of carbonyl (C=O) groups is 1. The molecule has 0 unspecified atom stereocenters. The topological polar surface area (TPSA) is 89.9 Å². The van der Waals surface area contributed by atoms with Crippen molar-refractivity contribution in [3.05, 3.63) is 56.4 Å². The summed E-state index contributed by atoms with van der Waals surface area (Å²) in [4.78, 5) is 13.9. The van der Waals surface area contributed by atoms with Crippen molar-refractivity contribution >= 4 is 44.8 Å². The van der Waals surface area contributed by atoms with Crippen LogP contribution in [0.5, 0.6) is 0 Å². The molecular weight excluding hydrogens is 370 g/mol. The molecule has 130 valence electrons. The van der Waals surface area contributed by atoms with E-state index >= 15 is 0 Å². The fourth-order valence-corrected chi connectivity index (χ4v) is 4.64. The SMILES string of the molecule is N#Cc1c(NC(=O)c2cc3cc(Cl)ccc3oc2=N)sc2c1CCCC2. The largest absolute Gasteiger partial charge is 0.438 e. The molecule has 7 heteroatoms. The summed E-state index contributed by atoms with van der Waals surface area (Å²) in [6.07, 6.45) is 3.98. The van der Waals surface area contributed by atoms with Gasteiger partial charge < -0.3 is 9.73 Å². The Bertz CT molecular complexity index is 1140. The lowest BCUT2D eigenvalue weighted by atomic mass is 9.96. The maximum absolute atomic E-state index is 12.7. The highest BCUT2D eigenvalue weighted by molar-refractivity contribution is 7.16. The molecule has 0 saturated carbocycles. The van der Waals surface area contributed by atoms with E-state index < -0.39 is 5.91 Å². The lowest BCUT2D eigenvalue weighted by molar-refractivity contribution is 0.102. The molecule has 2 N–H and O–H groups in total. The summed E-state index contributed by atoms with van der Waals surface area (Å²) in [6.45, 7) is 0. The van der Waals surface area contributed by atoms with Crippen molar-refractivity contribution in [1.29, 1.82) is 10.7 Å². The van der Waals surface area contributed by atoms with Gasteiger partial charge in [0.05, 0.1) is 5.56 Å². The predicted molar refractivity (Wildman–Crippen MR) is 101 cm³/mol. The van der Waals surface area contributed by atoms with E-state index in [1.807, 2.05) is 0 Å². The van der Waals surface area contributed by atoms with Crippen LogP contribution in [0.2, 0.25) is 5.02 Å². The number of thiophene rings is 1. The average molecular weight is 384 g/mol. The van der Waals surface area contributed by atoms with E-state index in [9.17, 15) is 10.1 Å². The van der Waals surface area contributed by atoms with Gasteiger partial charge >= 0.3 is 0 Å². The first-order valence-electron chi connectivity index (χ1n) is 8.21. The lowest BCUT2D eigenvalue weighted by Gasteiger charge is -2.09. The number of amides is 1. The second-order valence-electron chi connectivity index (χ2n) is 6.15. The van der Waals surface area contributed by atoms with Gasteiger partial charge in [-0.3, -0.25) is 10.2 Å². The third kappa shape index (κ3) is 2.90. The summed E-state index contributed by atoms with van der Waals surface area (Å²) in [5, 5.41) is 22.0. The third-order valence-corrected chi connectivity index (χ3v) is 5.93. The number of aryl methyl sites for hydroxylation is 1. The standard InChI is InChI=1S/C19H14ClN3O2S/c20-11-5-6-15-10(7-11)8-13(17(22)25-15)18(24)23-19-14(9-21)12-3-1-2-4-16(12)26-19/h5-8,22H,1-4H2,(H,23,24). The monoisotopic (exact) mass is 383 g/mol. The molecule has 1 aliphatic rings. The second kappa shape index (κ2) is 6.60. The van der Waals surface area contributed by atoms with Crippen LogP contribution in [0.1, 0.15) is 39.2 Å². The minimum atomic E-state index is -0.462. The van der Waals surface area contributed by atoms with E-state index in [1.54, 1.807) is 24.3 Å². The number of nitriles is 1. The molecule has 0 saturated heterocycles. The predicted octanol–water partition coefficient (Wildman–Crippen LogP) is 4.63. The zero-order valence-electron chi connectivity index (χ0n) is 13.7. The van der Waals surface area contributed by atoms with E-state index in [4.69, 9.17) is 21.4 Å². The number of fused-ring (bicyclic) bond motifs is 2. The van der Waals surface area contributed by atoms with Crippen molar-refractivity contribution < 1.29 is 9.21 Å². The van der Waals surface area contributed by atoms with Crippen molar-refractivity contribution in [2.75, 3.05) is 5.32 Å². The number of hydrogen-bond acceptors (Lipinski definition) is 5. The number of anilines is 1. The Morgan fingerprint density at radius 2 is 2.12 bits per heavy atom. The van der Waals surface area contributed by atoms with Gasteiger partial charge in [0.2, 0.25) is 5.55 Å². The molecule has 0 fully saturated rings. The van der Waals surface area contributed by atoms with Gasteiger partial charge in [0.1, 0.15) is 22.2 Å². The molecule has 0 bridgehead atoms. The maximum atomic E-state index is 12.7. The average Bonchev–Trinajstić information content (AvgIpc) is 2.98. The van der Waals surface area contributed by atoms with E-state index in [-0.39, 0.29) is 11.1 Å². The minimum absolute atomic E-state index is 0.107. The number of carbonyl (C=O) groups excluding carboxylic acids is 1. The van der Waals surface area contributed by atoms with Crippen LogP contribution in [0.4, 0.5) is 5.00 Å². The van der Waals surface area contributed by atoms with Gasteiger partial charge in [0, 0.05) is 15.3 Å². The summed E-state index contributed by atoms with van der Waals surface area (Å²) < 4.78 is 5.43. The Morgan fingerprint density at radius 1 is 1.31 bits per heavy atom. The summed E-state index contributed by atoms with van der Waals surface area (Å²) in [7, 11) is 0. The number of nitrogens with one attached hydrogen (secondary N) is 2. The van der Waals surface area contributed by atoms with Gasteiger partial charge in [-0.2, -0.15) is 5.26 Å². The molecule has 0 atom stereocenters. The van der Waals surface area contributed by atoms with Crippen LogP contribution in [-0.2, 0) is 12.8 Å². The molecule has 3 aromatic rings. The molecule has 0 radical (unpaired) electrons. The molecule has 4 rings (SSSR count). The Balaban J connectivity index is 1.72. The molecule has 0 aliphatic heterocycles. The fraction of sp³-hybridized carbons (Fsp3) is 0.211. The zero-order chi connectivity index (χ0) is 18.3. The lowest BCUT2D eigenvalue weighted by Crippen LogP contribution is -2.20. The van der Waals surface area contributed by atoms with Crippen molar-refractivity contribution in [2.24, 2.45) is 0 Å².